The highest BCUT2D eigenvalue weighted by atomic mass is 32.2. The van der Waals surface area contributed by atoms with Gasteiger partial charge in [-0.15, -0.1) is 0 Å². The molecule has 0 aromatic carbocycles. The number of nitrogens with one attached hydrogen (secondary N) is 1. The van der Waals surface area contributed by atoms with Crippen LogP contribution in [0.3, 0.4) is 0 Å². The minimum Gasteiger partial charge on any atom is -0.381 e. The monoisotopic (exact) mass is 383 g/mol. The zero-order chi connectivity index (χ0) is 19.6. The molecule has 26 heavy (non-hydrogen) atoms. The Kier molecular flexibility index (Phi) is 5.78. The average molecular weight is 383 g/mol. The Morgan fingerprint density at radius 2 is 1.96 bits per heavy atom. The summed E-state index contributed by atoms with van der Waals surface area (Å²) >= 11 is 0. The highest BCUT2D eigenvalue weighted by Gasteiger charge is 2.43. The first-order valence-electron chi connectivity index (χ1n) is 8.49. The summed E-state index contributed by atoms with van der Waals surface area (Å²) < 4.78 is 34.2. The lowest BCUT2D eigenvalue weighted by Gasteiger charge is -2.28. The Labute approximate surface area is 153 Å². The summed E-state index contributed by atoms with van der Waals surface area (Å²) in [6, 6.07) is 3.52. The minimum absolute atomic E-state index is 0.00543. The quantitative estimate of drug-likeness (QED) is 0.797. The maximum atomic E-state index is 12.8. The van der Waals surface area contributed by atoms with Crippen LogP contribution in [0.5, 0.6) is 0 Å². The molecular formula is C17H25N3O5S. The fourth-order valence-corrected chi connectivity index (χ4v) is 4.23. The molecule has 0 spiro atoms. The number of hydrogen-bond acceptors (Lipinski definition) is 7. The molecule has 144 valence electrons. The number of nitrogens with zero attached hydrogens (tertiary/aromatic N) is 2. The Hall–Kier alpha value is -1.92. The van der Waals surface area contributed by atoms with Crippen LogP contribution >= 0.6 is 0 Å². The van der Waals surface area contributed by atoms with E-state index in [0.717, 1.165) is 0 Å². The van der Waals surface area contributed by atoms with Crippen LogP contribution in [0.1, 0.15) is 46.2 Å². The number of carbonyl (C=O) groups excluding carboxylic acids is 1. The summed E-state index contributed by atoms with van der Waals surface area (Å²) in [5.41, 5.74) is -0.518. The van der Waals surface area contributed by atoms with Crippen molar-refractivity contribution in [3.8, 4) is 6.07 Å². The van der Waals surface area contributed by atoms with Gasteiger partial charge >= 0.3 is 0 Å². The number of carbonyl (C=O) groups is 1. The SMILES string of the molecule is CC(C)(C#N)c1cc(NC(=O)C(C)(C)S(=O)(=O)CC2CCOCC2)on1. The molecule has 1 aliphatic rings. The summed E-state index contributed by atoms with van der Waals surface area (Å²) in [7, 11) is -3.69. The first-order chi connectivity index (χ1) is 12.0. The van der Waals surface area contributed by atoms with E-state index < -0.39 is 25.9 Å². The molecule has 0 radical (unpaired) electrons. The van der Waals surface area contributed by atoms with Crippen molar-refractivity contribution in [2.75, 3.05) is 24.3 Å². The summed E-state index contributed by atoms with van der Waals surface area (Å²) in [4.78, 5) is 12.6. The maximum absolute atomic E-state index is 12.8. The Morgan fingerprint density at radius 3 is 2.54 bits per heavy atom. The zero-order valence-corrected chi connectivity index (χ0v) is 16.4. The van der Waals surface area contributed by atoms with Crippen molar-refractivity contribution >= 4 is 21.6 Å². The van der Waals surface area contributed by atoms with E-state index >= 15 is 0 Å². The lowest BCUT2D eigenvalue weighted by Crippen LogP contribution is -2.47. The third-order valence-corrected chi connectivity index (χ3v) is 7.44. The molecule has 1 aromatic heterocycles. The molecule has 0 unspecified atom stereocenters. The predicted molar refractivity (Wildman–Crippen MR) is 95.2 cm³/mol. The number of hydrogen-bond donors (Lipinski definition) is 1. The van der Waals surface area contributed by atoms with Crippen LogP contribution in [0.25, 0.3) is 0 Å². The lowest BCUT2D eigenvalue weighted by atomic mass is 9.92. The molecule has 0 atom stereocenters. The van der Waals surface area contributed by atoms with Crippen molar-refractivity contribution in [2.24, 2.45) is 5.92 Å². The molecule has 2 rings (SSSR count). The number of amides is 1. The molecule has 0 aliphatic carbocycles. The van der Waals surface area contributed by atoms with Crippen molar-refractivity contribution in [3.63, 3.8) is 0 Å². The molecule has 1 aliphatic heterocycles. The van der Waals surface area contributed by atoms with E-state index in [-0.39, 0.29) is 17.6 Å². The fraction of sp³-hybridized carbons (Fsp3) is 0.706. The van der Waals surface area contributed by atoms with E-state index in [9.17, 15) is 13.2 Å². The van der Waals surface area contributed by atoms with Gasteiger partial charge in [0.05, 0.1) is 17.2 Å². The van der Waals surface area contributed by atoms with Gasteiger partial charge in [-0.1, -0.05) is 5.16 Å². The van der Waals surface area contributed by atoms with Crippen molar-refractivity contribution in [1.82, 2.24) is 5.16 Å². The third kappa shape index (κ3) is 4.24. The standard InChI is InChI=1S/C17H25N3O5S/c1-16(2,11-18)13-9-14(25-20-13)19-15(21)17(3,4)26(22,23)10-12-5-7-24-8-6-12/h9,12H,5-8,10H2,1-4H3,(H,19,21). The van der Waals surface area contributed by atoms with E-state index in [1.165, 1.54) is 19.9 Å². The van der Waals surface area contributed by atoms with Crippen LogP contribution in [0.4, 0.5) is 5.88 Å². The number of aromatic nitrogens is 1. The minimum atomic E-state index is -3.69. The number of rotatable bonds is 6. The normalized spacial score (nSPS) is 16.9. The second kappa shape index (κ2) is 7.37. The first-order valence-corrected chi connectivity index (χ1v) is 10.1. The van der Waals surface area contributed by atoms with E-state index in [4.69, 9.17) is 14.5 Å². The Bertz CT molecular complexity index is 799. The molecule has 1 N–H and O–H groups in total. The van der Waals surface area contributed by atoms with Crippen molar-refractivity contribution in [1.29, 1.82) is 5.26 Å². The summed E-state index contributed by atoms with van der Waals surface area (Å²) in [5.74, 6) is -0.737. The molecule has 1 amide bonds. The smallest absolute Gasteiger partial charge is 0.247 e. The Balaban J connectivity index is 2.10. The fourth-order valence-electron chi connectivity index (χ4n) is 2.52. The number of sulfone groups is 1. The van der Waals surface area contributed by atoms with Gasteiger partial charge in [-0.3, -0.25) is 10.1 Å². The van der Waals surface area contributed by atoms with E-state index in [2.05, 4.69) is 16.5 Å². The molecule has 0 saturated carbocycles. The molecule has 1 fully saturated rings. The van der Waals surface area contributed by atoms with Gasteiger partial charge < -0.3 is 9.26 Å². The lowest BCUT2D eigenvalue weighted by molar-refractivity contribution is -0.118. The first kappa shape index (κ1) is 20.4. The molecule has 8 nitrogen and oxygen atoms in total. The molecule has 1 saturated heterocycles. The average Bonchev–Trinajstić information content (AvgIpc) is 3.04. The van der Waals surface area contributed by atoms with Gasteiger partial charge in [0.25, 0.3) is 0 Å². The van der Waals surface area contributed by atoms with Gasteiger partial charge in [-0.05, 0) is 46.5 Å². The van der Waals surface area contributed by atoms with Crippen LogP contribution in [-0.4, -0.2) is 43.2 Å². The van der Waals surface area contributed by atoms with Crippen LogP contribution in [0.2, 0.25) is 0 Å². The van der Waals surface area contributed by atoms with Crippen LogP contribution in [-0.2, 0) is 24.8 Å². The Morgan fingerprint density at radius 1 is 1.35 bits per heavy atom. The van der Waals surface area contributed by atoms with Gasteiger partial charge in [0.2, 0.25) is 11.8 Å². The molecule has 9 heteroatoms. The molecule has 2 heterocycles. The van der Waals surface area contributed by atoms with Crippen molar-refractivity contribution in [2.45, 2.75) is 50.7 Å². The summed E-state index contributed by atoms with van der Waals surface area (Å²) in [6.45, 7) is 7.18. The summed E-state index contributed by atoms with van der Waals surface area (Å²) in [5, 5.41) is 15.4. The van der Waals surface area contributed by atoms with Gasteiger partial charge in [0, 0.05) is 19.3 Å². The maximum Gasteiger partial charge on any atom is 0.247 e. The van der Waals surface area contributed by atoms with Gasteiger partial charge in [0.1, 0.15) is 10.4 Å². The van der Waals surface area contributed by atoms with Crippen LogP contribution in [0, 0.1) is 17.2 Å². The topological polar surface area (TPSA) is 122 Å². The second-order valence-corrected chi connectivity index (χ2v) is 10.2. The molecule has 1 aromatic rings. The van der Waals surface area contributed by atoms with Gasteiger partial charge in [-0.25, -0.2) is 8.42 Å². The molecular weight excluding hydrogens is 358 g/mol. The number of nitriles is 1. The van der Waals surface area contributed by atoms with Gasteiger partial charge in [-0.2, -0.15) is 5.26 Å². The highest BCUT2D eigenvalue weighted by Crippen LogP contribution is 2.27. The van der Waals surface area contributed by atoms with Crippen LogP contribution in [0.15, 0.2) is 10.6 Å². The van der Waals surface area contributed by atoms with E-state index in [0.29, 0.717) is 31.7 Å². The zero-order valence-electron chi connectivity index (χ0n) is 15.5. The number of anilines is 1. The van der Waals surface area contributed by atoms with E-state index in [1.54, 1.807) is 13.8 Å². The summed E-state index contributed by atoms with van der Waals surface area (Å²) in [6.07, 6.45) is 1.34. The van der Waals surface area contributed by atoms with E-state index in [1.807, 2.05) is 0 Å². The van der Waals surface area contributed by atoms with Gasteiger partial charge in [0.15, 0.2) is 9.84 Å². The van der Waals surface area contributed by atoms with Crippen molar-refractivity contribution < 1.29 is 22.5 Å². The van der Waals surface area contributed by atoms with Crippen molar-refractivity contribution in [3.05, 3.63) is 11.8 Å². The van der Waals surface area contributed by atoms with Crippen LogP contribution < -0.4 is 5.32 Å². The second-order valence-electron chi connectivity index (χ2n) is 7.61. The third-order valence-electron chi connectivity index (χ3n) is 4.79. The number of ether oxygens (including phenoxy) is 1. The predicted octanol–water partition coefficient (Wildman–Crippen LogP) is 2.03. The molecule has 0 bridgehead atoms. The largest absolute Gasteiger partial charge is 0.381 e. The highest BCUT2D eigenvalue weighted by molar-refractivity contribution is 7.93.